The summed E-state index contributed by atoms with van der Waals surface area (Å²) in [6.07, 6.45) is 10.5. The third kappa shape index (κ3) is 2.75. The molecule has 0 aromatic heterocycles. The first-order valence-corrected chi connectivity index (χ1v) is 13.8. The molecule has 10 atom stereocenters. The monoisotopic (exact) mass is 456 g/mol. The summed E-state index contributed by atoms with van der Waals surface area (Å²) in [5.41, 5.74) is 1.35. The second-order valence-electron chi connectivity index (χ2n) is 14.5. The van der Waals surface area contributed by atoms with Crippen molar-refractivity contribution in [1.29, 1.82) is 0 Å². The molecule has 3 nitrogen and oxygen atoms in total. The highest BCUT2D eigenvalue weighted by atomic mass is 16.4. The summed E-state index contributed by atoms with van der Waals surface area (Å²) in [7, 11) is 0. The summed E-state index contributed by atoms with van der Waals surface area (Å²) < 4.78 is 0. The molecule has 0 radical (unpaired) electrons. The van der Waals surface area contributed by atoms with Gasteiger partial charge in [0.05, 0.1) is 11.5 Å². The topological polar surface area (TPSA) is 57.5 Å². The molecule has 0 aliphatic heterocycles. The second kappa shape index (κ2) is 7.11. The lowest BCUT2D eigenvalue weighted by molar-refractivity contribution is -0.248. The van der Waals surface area contributed by atoms with E-state index in [0.29, 0.717) is 23.7 Å². The van der Waals surface area contributed by atoms with Crippen LogP contribution in [0.3, 0.4) is 0 Å². The average molecular weight is 457 g/mol. The summed E-state index contributed by atoms with van der Waals surface area (Å²) in [6.45, 7) is 18.8. The summed E-state index contributed by atoms with van der Waals surface area (Å²) >= 11 is 0. The van der Waals surface area contributed by atoms with Crippen molar-refractivity contribution in [3.63, 3.8) is 0 Å². The third-order valence-electron chi connectivity index (χ3n) is 13.5. The highest BCUT2D eigenvalue weighted by Crippen LogP contribution is 2.77. The molecule has 2 N–H and O–H groups in total. The van der Waals surface area contributed by atoms with Crippen LogP contribution in [0.25, 0.3) is 0 Å². The van der Waals surface area contributed by atoms with Crippen LogP contribution in [0.4, 0.5) is 0 Å². The van der Waals surface area contributed by atoms with Gasteiger partial charge in [-0.05, 0) is 122 Å². The van der Waals surface area contributed by atoms with Gasteiger partial charge in [0, 0.05) is 0 Å². The van der Waals surface area contributed by atoms with Gasteiger partial charge in [-0.3, -0.25) is 4.79 Å². The van der Waals surface area contributed by atoms with E-state index in [1.54, 1.807) is 0 Å². The Labute approximate surface area is 201 Å². The first-order chi connectivity index (χ1) is 15.3. The third-order valence-corrected chi connectivity index (χ3v) is 13.5. The number of aliphatic hydroxyl groups is 1. The van der Waals surface area contributed by atoms with Crippen molar-refractivity contribution in [2.45, 2.75) is 112 Å². The molecule has 186 valence electrons. The normalized spacial score (nSPS) is 55.0. The van der Waals surface area contributed by atoms with E-state index in [0.717, 1.165) is 38.5 Å². The predicted molar refractivity (Wildman–Crippen MR) is 133 cm³/mol. The van der Waals surface area contributed by atoms with Gasteiger partial charge in [-0.15, -0.1) is 0 Å². The van der Waals surface area contributed by atoms with Gasteiger partial charge in [-0.1, -0.05) is 46.8 Å². The molecule has 5 aliphatic carbocycles. The van der Waals surface area contributed by atoms with Crippen LogP contribution in [0.5, 0.6) is 0 Å². The largest absolute Gasteiger partial charge is 0.481 e. The lowest BCUT2D eigenvalue weighted by Gasteiger charge is -2.72. The van der Waals surface area contributed by atoms with E-state index in [9.17, 15) is 15.0 Å². The van der Waals surface area contributed by atoms with E-state index >= 15 is 0 Å². The molecular formula is C30H48O3. The molecule has 5 rings (SSSR count). The SMILES string of the molecule is C=C(C)[C@@H]1CC[C@]2(C(=O)O)CCC3(C)C(CC[C@@H]4[C@@]5(C)CC[C@H](O)C(C)(C)C5CC[C@]43C)C12. The Morgan fingerprint density at radius 1 is 0.818 bits per heavy atom. The van der Waals surface area contributed by atoms with Crippen LogP contribution >= 0.6 is 0 Å². The van der Waals surface area contributed by atoms with Crippen LogP contribution in [-0.2, 0) is 4.79 Å². The summed E-state index contributed by atoms with van der Waals surface area (Å²) in [6, 6.07) is 0. The number of aliphatic carboxylic acids is 1. The van der Waals surface area contributed by atoms with Crippen molar-refractivity contribution < 1.29 is 15.0 Å². The van der Waals surface area contributed by atoms with Crippen LogP contribution in [-0.4, -0.2) is 22.3 Å². The number of carboxylic acids is 1. The molecule has 4 unspecified atom stereocenters. The van der Waals surface area contributed by atoms with Gasteiger partial charge < -0.3 is 10.2 Å². The van der Waals surface area contributed by atoms with E-state index in [4.69, 9.17) is 0 Å². The van der Waals surface area contributed by atoms with Crippen LogP contribution in [0.15, 0.2) is 12.2 Å². The van der Waals surface area contributed by atoms with Crippen LogP contribution in [0.1, 0.15) is 106 Å². The van der Waals surface area contributed by atoms with Gasteiger partial charge in [-0.25, -0.2) is 0 Å². The lowest BCUT2D eigenvalue weighted by Crippen LogP contribution is -2.67. The van der Waals surface area contributed by atoms with Crippen LogP contribution in [0, 0.1) is 56.7 Å². The maximum Gasteiger partial charge on any atom is 0.309 e. The van der Waals surface area contributed by atoms with Crippen molar-refractivity contribution in [3.05, 3.63) is 12.2 Å². The smallest absolute Gasteiger partial charge is 0.309 e. The van der Waals surface area contributed by atoms with Crippen LogP contribution in [0.2, 0.25) is 0 Å². The van der Waals surface area contributed by atoms with E-state index in [1.165, 1.54) is 31.3 Å². The minimum atomic E-state index is -0.538. The fraction of sp³-hybridized carbons (Fsp3) is 0.900. The van der Waals surface area contributed by atoms with Gasteiger partial charge in [0.15, 0.2) is 0 Å². The average Bonchev–Trinajstić information content (AvgIpc) is 3.13. The Kier molecular flexibility index (Phi) is 5.15. The van der Waals surface area contributed by atoms with Crippen molar-refractivity contribution in [1.82, 2.24) is 0 Å². The Morgan fingerprint density at radius 3 is 2.15 bits per heavy atom. The van der Waals surface area contributed by atoms with Crippen LogP contribution < -0.4 is 0 Å². The zero-order chi connectivity index (χ0) is 24.2. The molecule has 3 heteroatoms. The molecule has 0 heterocycles. The Hall–Kier alpha value is -0.830. The van der Waals surface area contributed by atoms with E-state index in [-0.39, 0.29) is 33.7 Å². The number of hydrogen-bond acceptors (Lipinski definition) is 2. The summed E-state index contributed by atoms with van der Waals surface area (Å²) in [5.74, 6) is 1.79. The van der Waals surface area contributed by atoms with Gasteiger partial charge >= 0.3 is 5.97 Å². The summed E-state index contributed by atoms with van der Waals surface area (Å²) in [4.78, 5) is 12.8. The standard InChI is InChI=1S/C30H48O3/c1-18(2)19-10-15-30(25(32)33)17-16-28(6)20(24(19)30)8-9-22-27(5)13-12-23(31)26(3,4)21(27)11-14-29(22,28)7/h19-24,31H,1,8-17H2,2-7H3,(H,32,33)/t19-,20?,21?,22+,23-,24?,27-,28?,29+,30-/m0/s1. The van der Waals surface area contributed by atoms with Gasteiger partial charge in [0.25, 0.3) is 0 Å². The Balaban J connectivity index is 1.57. The molecule has 5 fully saturated rings. The Morgan fingerprint density at radius 2 is 1.52 bits per heavy atom. The van der Waals surface area contributed by atoms with Crippen molar-refractivity contribution in [3.8, 4) is 0 Å². The molecule has 0 amide bonds. The minimum Gasteiger partial charge on any atom is -0.481 e. The van der Waals surface area contributed by atoms with E-state index in [2.05, 4.69) is 48.1 Å². The number of hydrogen-bond donors (Lipinski definition) is 2. The Bertz CT molecular complexity index is 861. The molecule has 5 aliphatic rings. The van der Waals surface area contributed by atoms with E-state index in [1.807, 2.05) is 0 Å². The minimum absolute atomic E-state index is 0.0202. The van der Waals surface area contributed by atoms with Gasteiger partial charge in [0.1, 0.15) is 0 Å². The number of rotatable bonds is 2. The van der Waals surface area contributed by atoms with Crippen molar-refractivity contribution in [2.75, 3.05) is 0 Å². The molecule has 5 saturated carbocycles. The zero-order valence-electron chi connectivity index (χ0n) is 22.0. The maximum absolute atomic E-state index is 12.8. The van der Waals surface area contributed by atoms with E-state index < -0.39 is 11.4 Å². The number of carboxylic acid groups (broad SMARTS) is 1. The molecule has 33 heavy (non-hydrogen) atoms. The molecule has 0 bridgehead atoms. The number of allylic oxidation sites excluding steroid dienone is 1. The maximum atomic E-state index is 12.8. The van der Waals surface area contributed by atoms with Crippen molar-refractivity contribution in [2.24, 2.45) is 56.7 Å². The first kappa shape index (κ1) is 23.9. The zero-order valence-corrected chi connectivity index (χ0v) is 22.0. The number of fused-ring (bicyclic) bond motifs is 7. The molecule has 0 spiro atoms. The molecular weight excluding hydrogens is 408 g/mol. The fourth-order valence-corrected chi connectivity index (χ4v) is 11.5. The molecule has 0 aromatic carbocycles. The van der Waals surface area contributed by atoms with Gasteiger partial charge in [0.2, 0.25) is 0 Å². The predicted octanol–water partition coefficient (Wildman–Crippen LogP) is 7.09. The number of aliphatic hydroxyl groups excluding tert-OH is 1. The molecule has 0 saturated heterocycles. The fourth-order valence-electron chi connectivity index (χ4n) is 11.5. The number of carbonyl (C=O) groups is 1. The first-order valence-electron chi connectivity index (χ1n) is 13.8. The quantitative estimate of drug-likeness (QED) is 0.436. The van der Waals surface area contributed by atoms with Crippen molar-refractivity contribution >= 4 is 5.97 Å². The highest BCUT2D eigenvalue weighted by molar-refractivity contribution is 5.76. The second-order valence-corrected chi connectivity index (χ2v) is 14.5. The lowest BCUT2D eigenvalue weighted by atomic mass is 9.32. The summed E-state index contributed by atoms with van der Waals surface area (Å²) in [5, 5.41) is 21.4. The highest BCUT2D eigenvalue weighted by Gasteiger charge is 2.71. The van der Waals surface area contributed by atoms with Gasteiger partial charge in [-0.2, -0.15) is 0 Å². The molecule has 0 aromatic rings.